The molecule has 2 aliphatic rings. The van der Waals surface area contributed by atoms with Gasteiger partial charge in [-0.2, -0.15) is 0 Å². The summed E-state index contributed by atoms with van der Waals surface area (Å²) in [6.45, 7) is 3.99. The van der Waals surface area contributed by atoms with Gasteiger partial charge in [-0.1, -0.05) is 11.6 Å². The minimum atomic E-state index is 0.350. The predicted molar refractivity (Wildman–Crippen MR) is 73.2 cm³/mol. The van der Waals surface area contributed by atoms with Gasteiger partial charge in [0.25, 0.3) is 0 Å². The first kappa shape index (κ1) is 12.2. The lowest BCUT2D eigenvalue weighted by Crippen LogP contribution is -2.47. The molecule has 0 aromatic carbocycles. The SMILES string of the molecule is Clc1cnccc1N1CCC[C@]2(CCCOC2)C1. The zero-order valence-electron chi connectivity index (χ0n) is 10.6. The summed E-state index contributed by atoms with van der Waals surface area (Å²) in [5, 5.41) is 0.756. The monoisotopic (exact) mass is 266 g/mol. The Labute approximate surface area is 113 Å². The maximum atomic E-state index is 6.25. The third-order valence-corrected chi connectivity index (χ3v) is 4.45. The molecule has 3 nitrogen and oxygen atoms in total. The van der Waals surface area contributed by atoms with Gasteiger partial charge >= 0.3 is 0 Å². The Hall–Kier alpha value is -0.800. The molecule has 0 amide bonds. The molecule has 2 aliphatic heterocycles. The van der Waals surface area contributed by atoms with Crippen molar-refractivity contribution >= 4 is 17.3 Å². The third-order valence-electron chi connectivity index (χ3n) is 4.16. The number of piperidine rings is 1. The Kier molecular flexibility index (Phi) is 3.44. The molecular formula is C14H19ClN2O. The van der Waals surface area contributed by atoms with Crippen molar-refractivity contribution in [2.24, 2.45) is 5.41 Å². The third kappa shape index (κ3) is 2.34. The molecule has 1 aromatic heterocycles. The van der Waals surface area contributed by atoms with E-state index < -0.39 is 0 Å². The van der Waals surface area contributed by atoms with Crippen LogP contribution in [0.5, 0.6) is 0 Å². The lowest BCUT2D eigenvalue weighted by atomic mass is 9.76. The second-order valence-corrected chi connectivity index (χ2v) is 5.92. The fourth-order valence-electron chi connectivity index (χ4n) is 3.27. The smallest absolute Gasteiger partial charge is 0.0822 e. The van der Waals surface area contributed by atoms with E-state index in [1.54, 1.807) is 6.20 Å². The second-order valence-electron chi connectivity index (χ2n) is 5.51. The molecule has 1 aromatic rings. The van der Waals surface area contributed by atoms with Crippen molar-refractivity contribution in [2.45, 2.75) is 25.7 Å². The van der Waals surface area contributed by atoms with Crippen molar-refractivity contribution in [3.05, 3.63) is 23.5 Å². The van der Waals surface area contributed by atoms with Crippen LogP contribution in [0, 0.1) is 5.41 Å². The first-order valence-corrected chi connectivity index (χ1v) is 7.09. The molecule has 2 saturated heterocycles. The lowest BCUT2D eigenvalue weighted by molar-refractivity contribution is -0.0150. The average Bonchev–Trinajstić information content (AvgIpc) is 2.40. The fourth-order valence-corrected chi connectivity index (χ4v) is 3.51. The van der Waals surface area contributed by atoms with Crippen LogP contribution in [0.3, 0.4) is 0 Å². The number of anilines is 1. The summed E-state index contributed by atoms with van der Waals surface area (Å²) in [5.41, 5.74) is 1.47. The Morgan fingerprint density at radius 2 is 2.22 bits per heavy atom. The summed E-state index contributed by atoms with van der Waals surface area (Å²) in [7, 11) is 0. The van der Waals surface area contributed by atoms with Crippen LogP contribution >= 0.6 is 11.6 Å². The van der Waals surface area contributed by atoms with Gasteiger partial charge in [-0.25, -0.2) is 0 Å². The average molecular weight is 267 g/mol. The summed E-state index contributed by atoms with van der Waals surface area (Å²) in [4.78, 5) is 6.47. The summed E-state index contributed by atoms with van der Waals surface area (Å²) in [5.74, 6) is 0. The molecule has 0 unspecified atom stereocenters. The van der Waals surface area contributed by atoms with Crippen LogP contribution in [0.15, 0.2) is 18.5 Å². The largest absolute Gasteiger partial charge is 0.381 e. The molecule has 18 heavy (non-hydrogen) atoms. The van der Waals surface area contributed by atoms with Gasteiger partial charge in [0.1, 0.15) is 0 Å². The van der Waals surface area contributed by atoms with E-state index in [4.69, 9.17) is 16.3 Å². The minimum Gasteiger partial charge on any atom is -0.381 e. The maximum absolute atomic E-state index is 6.25. The zero-order chi connectivity index (χ0) is 12.4. The molecule has 0 bridgehead atoms. The van der Waals surface area contributed by atoms with Gasteiger partial charge in [-0.15, -0.1) is 0 Å². The maximum Gasteiger partial charge on any atom is 0.0822 e. The molecule has 3 heterocycles. The van der Waals surface area contributed by atoms with Crippen molar-refractivity contribution in [1.82, 2.24) is 4.98 Å². The summed E-state index contributed by atoms with van der Waals surface area (Å²) in [6.07, 6.45) is 8.54. The van der Waals surface area contributed by atoms with E-state index in [9.17, 15) is 0 Å². The molecular weight excluding hydrogens is 248 g/mol. The number of hydrogen-bond donors (Lipinski definition) is 0. The van der Waals surface area contributed by atoms with Crippen molar-refractivity contribution in [3.63, 3.8) is 0 Å². The number of rotatable bonds is 1. The minimum absolute atomic E-state index is 0.350. The highest BCUT2D eigenvalue weighted by molar-refractivity contribution is 6.33. The first-order chi connectivity index (χ1) is 8.79. The van der Waals surface area contributed by atoms with Crippen molar-refractivity contribution in [2.75, 3.05) is 31.2 Å². The molecule has 1 atom stereocenters. The van der Waals surface area contributed by atoms with Gasteiger partial charge in [0.15, 0.2) is 0 Å². The van der Waals surface area contributed by atoms with Crippen molar-refractivity contribution in [3.8, 4) is 0 Å². The molecule has 2 fully saturated rings. The van der Waals surface area contributed by atoms with Gasteiger partial charge in [0.05, 0.1) is 17.3 Å². The first-order valence-electron chi connectivity index (χ1n) is 6.71. The predicted octanol–water partition coefficient (Wildman–Crippen LogP) is 3.13. The highest BCUT2D eigenvalue weighted by Crippen LogP contribution is 2.40. The van der Waals surface area contributed by atoms with E-state index in [-0.39, 0.29) is 0 Å². The quantitative estimate of drug-likeness (QED) is 0.781. The fraction of sp³-hybridized carbons (Fsp3) is 0.643. The molecule has 98 valence electrons. The van der Waals surface area contributed by atoms with E-state index in [2.05, 4.69) is 9.88 Å². The number of hydrogen-bond acceptors (Lipinski definition) is 3. The van der Waals surface area contributed by atoms with Crippen LogP contribution in [0.4, 0.5) is 5.69 Å². The molecule has 0 saturated carbocycles. The molecule has 3 rings (SSSR count). The van der Waals surface area contributed by atoms with Gasteiger partial charge in [-0.3, -0.25) is 4.98 Å². The van der Waals surface area contributed by atoms with Crippen LogP contribution in [0.1, 0.15) is 25.7 Å². The molecule has 4 heteroatoms. The molecule has 0 aliphatic carbocycles. The summed E-state index contributed by atoms with van der Waals surface area (Å²) >= 11 is 6.25. The van der Waals surface area contributed by atoms with Crippen LogP contribution in [-0.4, -0.2) is 31.3 Å². The Bertz CT molecular complexity index is 413. The standard InChI is InChI=1S/C14H19ClN2O/c15-12-9-16-6-3-13(12)17-7-1-4-14(10-17)5-2-8-18-11-14/h3,6,9H,1-2,4-5,7-8,10-11H2/t14-/m0/s1. The number of aromatic nitrogens is 1. The Morgan fingerprint density at radius 3 is 3.00 bits per heavy atom. The topological polar surface area (TPSA) is 25.4 Å². The van der Waals surface area contributed by atoms with Crippen LogP contribution in [0.2, 0.25) is 5.02 Å². The van der Waals surface area contributed by atoms with E-state index in [1.807, 2.05) is 12.3 Å². The van der Waals surface area contributed by atoms with Crippen molar-refractivity contribution in [1.29, 1.82) is 0 Å². The number of nitrogens with zero attached hydrogens (tertiary/aromatic N) is 2. The van der Waals surface area contributed by atoms with E-state index in [0.717, 1.165) is 37.0 Å². The zero-order valence-corrected chi connectivity index (χ0v) is 11.3. The van der Waals surface area contributed by atoms with Crippen LogP contribution < -0.4 is 4.90 Å². The van der Waals surface area contributed by atoms with Gasteiger partial charge in [0, 0.05) is 37.5 Å². The van der Waals surface area contributed by atoms with Gasteiger partial charge in [0.2, 0.25) is 0 Å². The molecule has 1 spiro atoms. The van der Waals surface area contributed by atoms with E-state index in [1.165, 1.54) is 25.7 Å². The molecule has 0 N–H and O–H groups in total. The molecule has 0 radical (unpaired) electrons. The normalized spacial score (nSPS) is 28.6. The second kappa shape index (κ2) is 5.06. The summed E-state index contributed by atoms with van der Waals surface area (Å²) < 4.78 is 5.71. The number of halogens is 1. The van der Waals surface area contributed by atoms with Crippen LogP contribution in [0.25, 0.3) is 0 Å². The van der Waals surface area contributed by atoms with E-state index >= 15 is 0 Å². The lowest BCUT2D eigenvalue weighted by Gasteiger charge is -2.45. The van der Waals surface area contributed by atoms with Crippen LogP contribution in [-0.2, 0) is 4.74 Å². The van der Waals surface area contributed by atoms with Crippen molar-refractivity contribution < 1.29 is 4.74 Å². The Balaban J connectivity index is 1.80. The highest BCUT2D eigenvalue weighted by Gasteiger charge is 2.37. The van der Waals surface area contributed by atoms with Gasteiger partial charge in [-0.05, 0) is 31.7 Å². The summed E-state index contributed by atoms with van der Waals surface area (Å²) in [6, 6.07) is 2.02. The Morgan fingerprint density at radius 1 is 1.33 bits per heavy atom. The van der Waals surface area contributed by atoms with Gasteiger partial charge < -0.3 is 9.64 Å². The van der Waals surface area contributed by atoms with E-state index in [0.29, 0.717) is 5.41 Å². The number of pyridine rings is 1. The number of ether oxygens (including phenoxy) is 1. The highest BCUT2D eigenvalue weighted by atomic mass is 35.5.